The van der Waals surface area contributed by atoms with E-state index in [9.17, 15) is 4.39 Å². The molecule has 0 atom stereocenters. The maximum atomic E-state index is 13.4. The van der Waals surface area contributed by atoms with E-state index in [2.05, 4.69) is 25.6 Å². The van der Waals surface area contributed by atoms with Crippen molar-refractivity contribution in [2.75, 3.05) is 17.7 Å². The number of aromatic nitrogens is 3. The zero-order valence-electron chi connectivity index (χ0n) is 9.31. The van der Waals surface area contributed by atoms with E-state index in [1.54, 1.807) is 13.2 Å². The van der Waals surface area contributed by atoms with Crippen LogP contribution in [0.2, 0.25) is 0 Å². The van der Waals surface area contributed by atoms with Crippen LogP contribution in [-0.2, 0) is 6.54 Å². The first-order valence-corrected chi connectivity index (χ1v) is 5.13. The van der Waals surface area contributed by atoms with Crippen LogP contribution in [0.25, 0.3) is 0 Å². The lowest BCUT2D eigenvalue weighted by molar-refractivity contribution is 0.617. The van der Waals surface area contributed by atoms with Crippen molar-refractivity contribution in [1.29, 1.82) is 0 Å². The van der Waals surface area contributed by atoms with E-state index >= 15 is 0 Å². The Morgan fingerprint density at radius 2 is 2.18 bits per heavy atom. The van der Waals surface area contributed by atoms with E-state index in [1.807, 2.05) is 18.2 Å². The van der Waals surface area contributed by atoms with Gasteiger partial charge >= 0.3 is 0 Å². The molecule has 2 aromatic heterocycles. The van der Waals surface area contributed by atoms with Crippen LogP contribution in [-0.4, -0.2) is 22.0 Å². The highest BCUT2D eigenvalue weighted by Crippen LogP contribution is 2.12. The molecule has 2 heterocycles. The molecular weight excluding hydrogens is 221 g/mol. The summed E-state index contributed by atoms with van der Waals surface area (Å²) >= 11 is 0. The Morgan fingerprint density at radius 1 is 1.29 bits per heavy atom. The van der Waals surface area contributed by atoms with Crippen LogP contribution in [0, 0.1) is 5.82 Å². The number of nitrogens with one attached hydrogen (secondary N) is 2. The molecule has 88 valence electrons. The highest BCUT2D eigenvalue weighted by atomic mass is 19.1. The van der Waals surface area contributed by atoms with Crippen LogP contribution < -0.4 is 10.6 Å². The van der Waals surface area contributed by atoms with Crippen molar-refractivity contribution in [1.82, 2.24) is 15.0 Å². The van der Waals surface area contributed by atoms with Crippen LogP contribution >= 0.6 is 0 Å². The Kier molecular flexibility index (Phi) is 3.44. The predicted molar refractivity (Wildman–Crippen MR) is 63.1 cm³/mol. The minimum absolute atomic E-state index is 0.162. The van der Waals surface area contributed by atoms with Gasteiger partial charge in [-0.15, -0.1) is 0 Å². The molecule has 0 fully saturated rings. The summed E-state index contributed by atoms with van der Waals surface area (Å²) in [5, 5.41) is 5.62. The topological polar surface area (TPSA) is 62.7 Å². The van der Waals surface area contributed by atoms with Gasteiger partial charge in [0.1, 0.15) is 0 Å². The average Bonchev–Trinajstić information content (AvgIpc) is 2.39. The second kappa shape index (κ2) is 5.20. The fourth-order valence-corrected chi connectivity index (χ4v) is 1.29. The summed E-state index contributed by atoms with van der Waals surface area (Å²) in [6.07, 6.45) is 2.81. The molecule has 0 aromatic carbocycles. The molecule has 17 heavy (non-hydrogen) atoms. The Hall–Kier alpha value is -2.24. The third-order valence-electron chi connectivity index (χ3n) is 2.13. The van der Waals surface area contributed by atoms with E-state index in [1.165, 1.54) is 0 Å². The molecule has 0 aliphatic heterocycles. The van der Waals surface area contributed by atoms with Gasteiger partial charge in [-0.1, -0.05) is 6.07 Å². The van der Waals surface area contributed by atoms with Gasteiger partial charge in [0.15, 0.2) is 11.6 Å². The molecule has 2 N–H and O–H groups in total. The molecule has 0 saturated carbocycles. The smallest absolute Gasteiger partial charge is 0.224 e. The van der Waals surface area contributed by atoms with Gasteiger partial charge in [-0.3, -0.25) is 4.98 Å². The summed E-state index contributed by atoms with van der Waals surface area (Å²) in [7, 11) is 1.68. The predicted octanol–water partition coefficient (Wildman–Crippen LogP) is 1.66. The fourth-order valence-electron chi connectivity index (χ4n) is 1.29. The van der Waals surface area contributed by atoms with Crippen molar-refractivity contribution in [2.24, 2.45) is 0 Å². The number of halogens is 1. The average molecular weight is 233 g/mol. The largest absolute Gasteiger partial charge is 0.362 e. The van der Waals surface area contributed by atoms with E-state index in [-0.39, 0.29) is 5.82 Å². The zero-order valence-corrected chi connectivity index (χ0v) is 9.31. The fraction of sp³-hybridized carbons (Fsp3) is 0.182. The highest BCUT2D eigenvalue weighted by Gasteiger charge is 2.05. The van der Waals surface area contributed by atoms with Gasteiger partial charge in [0, 0.05) is 13.2 Å². The van der Waals surface area contributed by atoms with Gasteiger partial charge in [-0.25, -0.2) is 9.37 Å². The van der Waals surface area contributed by atoms with Crippen molar-refractivity contribution in [3.63, 3.8) is 0 Å². The third kappa shape index (κ3) is 2.87. The SMILES string of the molecule is CNc1ncc(F)c(NCc2ccccn2)n1. The lowest BCUT2D eigenvalue weighted by Crippen LogP contribution is -2.07. The van der Waals surface area contributed by atoms with Crippen molar-refractivity contribution >= 4 is 11.8 Å². The van der Waals surface area contributed by atoms with Gasteiger partial charge in [-0.2, -0.15) is 4.98 Å². The standard InChI is InChI=1S/C11H12FN5/c1-13-11-16-7-9(12)10(17-11)15-6-8-4-2-3-5-14-8/h2-5,7H,6H2,1H3,(H2,13,15,16,17). The normalized spacial score (nSPS) is 10.0. The molecule has 0 spiro atoms. The maximum absolute atomic E-state index is 13.4. The Balaban J connectivity index is 2.08. The van der Waals surface area contributed by atoms with Crippen LogP contribution in [0.15, 0.2) is 30.6 Å². The molecule has 0 saturated heterocycles. The van der Waals surface area contributed by atoms with Crippen molar-refractivity contribution < 1.29 is 4.39 Å². The summed E-state index contributed by atoms with van der Waals surface area (Å²) in [5.74, 6) is 0.0462. The second-order valence-corrected chi connectivity index (χ2v) is 3.31. The first-order valence-electron chi connectivity index (χ1n) is 5.13. The zero-order chi connectivity index (χ0) is 12.1. The number of hydrogen-bond acceptors (Lipinski definition) is 5. The van der Waals surface area contributed by atoms with Crippen LogP contribution in [0.5, 0.6) is 0 Å². The number of pyridine rings is 1. The Morgan fingerprint density at radius 3 is 2.88 bits per heavy atom. The minimum atomic E-state index is -0.486. The molecular formula is C11H12FN5. The van der Waals surface area contributed by atoms with Gasteiger partial charge in [0.05, 0.1) is 18.4 Å². The monoisotopic (exact) mass is 233 g/mol. The van der Waals surface area contributed by atoms with Gasteiger partial charge in [0.25, 0.3) is 0 Å². The summed E-state index contributed by atoms with van der Waals surface area (Å²) < 4.78 is 13.4. The van der Waals surface area contributed by atoms with E-state index in [4.69, 9.17) is 0 Å². The second-order valence-electron chi connectivity index (χ2n) is 3.31. The van der Waals surface area contributed by atoms with E-state index in [0.29, 0.717) is 12.5 Å². The Labute approximate surface area is 98.1 Å². The molecule has 2 aromatic rings. The van der Waals surface area contributed by atoms with Crippen LogP contribution in [0.1, 0.15) is 5.69 Å². The molecule has 0 radical (unpaired) electrons. The number of nitrogens with zero attached hydrogens (tertiary/aromatic N) is 3. The summed E-state index contributed by atoms with van der Waals surface area (Å²) in [6, 6.07) is 5.55. The lowest BCUT2D eigenvalue weighted by atomic mass is 10.3. The van der Waals surface area contributed by atoms with E-state index in [0.717, 1.165) is 11.9 Å². The molecule has 0 amide bonds. The van der Waals surface area contributed by atoms with Crippen LogP contribution in [0.3, 0.4) is 0 Å². The summed E-state index contributed by atoms with van der Waals surface area (Å²) in [6.45, 7) is 0.415. The van der Waals surface area contributed by atoms with Crippen molar-refractivity contribution in [2.45, 2.75) is 6.54 Å². The molecule has 0 aliphatic rings. The van der Waals surface area contributed by atoms with Gasteiger partial charge in [0.2, 0.25) is 5.95 Å². The highest BCUT2D eigenvalue weighted by molar-refractivity contribution is 5.40. The Bertz CT molecular complexity index is 488. The van der Waals surface area contributed by atoms with Crippen molar-refractivity contribution in [3.8, 4) is 0 Å². The first kappa shape index (κ1) is 11.3. The number of rotatable bonds is 4. The maximum Gasteiger partial charge on any atom is 0.224 e. The number of anilines is 2. The minimum Gasteiger partial charge on any atom is -0.362 e. The molecule has 6 heteroatoms. The van der Waals surface area contributed by atoms with Crippen molar-refractivity contribution in [3.05, 3.63) is 42.1 Å². The molecule has 5 nitrogen and oxygen atoms in total. The van der Waals surface area contributed by atoms with Gasteiger partial charge < -0.3 is 10.6 Å². The lowest BCUT2D eigenvalue weighted by Gasteiger charge is -2.07. The van der Waals surface area contributed by atoms with E-state index < -0.39 is 5.82 Å². The molecule has 0 bridgehead atoms. The molecule has 0 unspecified atom stereocenters. The van der Waals surface area contributed by atoms with Gasteiger partial charge in [-0.05, 0) is 12.1 Å². The summed E-state index contributed by atoms with van der Waals surface area (Å²) in [4.78, 5) is 11.9. The van der Waals surface area contributed by atoms with Crippen LogP contribution in [0.4, 0.5) is 16.2 Å². The third-order valence-corrected chi connectivity index (χ3v) is 2.13. The summed E-state index contributed by atoms with van der Waals surface area (Å²) in [5.41, 5.74) is 0.816. The molecule has 0 aliphatic carbocycles. The molecule has 2 rings (SSSR count). The first-order chi connectivity index (χ1) is 8.29. The quantitative estimate of drug-likeness (QED) is 0.841. The number of hydrogen-bond donors (Lipinski definition) is 2.